The molecular formula is C13H12O2S2. The summed E-state index contributed by atoms with van der Waals surface area (Å²) < 4.78 is 22.5. The molecule has 0 unspecified atom stereocenters. The van der Waals surface area contributed by atoms with E-state index in [0.29, 0.717) is 4.90 Å². The molecular weight excluding hydrogens is 252 g/mol. The van der Waals surface area contributed by atoms with Gasteiger partial charge in [-0.25, -0.2) is 8.42 Å². The van der Waals surface area contributed by atoms with Crippen LogP contribution in [0, 0.1) is 0 Å². The van der Waals surface area contributed by atoms with Crippen molar-refractivity contribution in [2.45, 2.75) is 4.90 Å². The minimum Gasteiger partial charge on any atom is -0.224 e. The highest BCUT2D eigenvalue weighted by atomic mass is 32.2. The molecule has 0 fully saturated rings. The van der Waals surface area contributed by atoms with Crippen molar-refractivity contribution in [1.82, 2.24) is 0 Å². The van der Waals surface area contributed by atoms with Crippen LogP contribution in [-0.2, 0) is 9.84 Å². The Balaban J connectivity index is 2.19. The van der Waals surface area contributed by atoms with Gasteiger partial charge in [0.25, 0.3) is 0 Å². The highest BCUT2D eigenvalue weighted by Gasteiger charge is 2.04. The van der Waals surface area contributed by atoms with Crippen molar-refractivity contribution in [2.75, 3.05) is 6.26 Å². The molecule has 88 valence electrons. The summed E-state index contributed by atoms with van der Waals surface area (Å²) in [6.45, 7) is 0. The predicted molar refractivity (Wildman–Crippen MR) is 72.8 cm³/mol. The van der Waals surface area contributed by atoms with E-state index in [1.807, 2.05) is 23.6 Å². The fourth-order valence-corrected chi connectivity index (χ4v) is 2.65. The molecule has 17 heavy (non-hydrogen) atoms. The molecule has 0 radical (unpaired) electrons. The van der Waals surface area contributed by atoms with E-state index in [1.165, 1.54) is 6.26 Å². The van der Waals surface area contributed by atoms with E-state index >= 15 is 0 Å². The molecule has 0 aliphatic carbocycles. The van der Waals surface area contributed by atoms with Gasteiger partial charge in [0.1, 0.15) is 0 Å². The van der Waals surface area contributed by atoms with E-state index in [9.17, 15) is 8.42 Å². The van der Waals surface area contributed by atoms with Gasteiger partial charge in [0.05, 0.1) is 4.90 Å². The predicted octanol–water partition coefficient (Wildman–Crippen LogP) is 3.32. The van der Waals surface area contributed by atoms with Gasteiger partial charge in [0.15, 0.2) is 9.84 Å². The zero-order chi connectivity index (χ0) is 12.3. The van der Waals surface area contributed by atoms with Gasteiger partial charge in [-0.15, -0.1) is 0 Å². The molecule has 0 amide bonds. The van der Waals surface area contributed by atoms with Gasteiger partial charge >= 0.3 is 0 Å². The summed E-state index contributed by atoms with van der Waals surface area (Å²) in [5.74, 6) is 0. The minimum absolute atomic E-state index is 0.352. The van der Waals surface area contributed by atoms with E-state index in [2.05, 4.69) is 5.38 Å². The van der Waals surface area contributed by atoms with Crippen molar-refractivity contribution in [2.24, 2.45) is 0 Å². The van der Waals surface area contributed by atoms with Gasteiger partial charge in [-0.1, -0.05) is 24.3 Å². The molecule has 0 N–H and O–H groups in total. The highest BCUT2D eigenvalue weighted by molar-refractivity contribution is 7.90. The lowest BCUT2D eigenvalue weighted by atomic mass is 10.2. The van der Waals surface area contributed by atoms with Crippen LogP contribution in [0.5, 0.6) is 0 Å². The maximum atomic E-state index is 11.3. The molecule has 1 heterocycles. The second kappa shape index (κ2) is 4.85. The van der Waals surface area contributed by atoms with Crippen LogP contribution in [0.2, 0.25) is 0 Å². The molecule has 0 aliphatic heterocycles. The quantitative estimate of drug-likeness (QED) is 0.852. The maximum absolute atomic E-state index is 11.3. The van der Waals surface area contributed by atoms with E-state index in [1.54, 1.807) is 35.6 Å². The maximum Gasteiger partial charge on any atom is 0.175 e. The molecule has 0 atom stereocenters. The Hall–Kier alpha value is -1.39. The number of benzene rings is 1. The number of hydrogen-bond donors (Lipinski definition) is 0. The summed E-state index contributed by atoms with van der Waals surface area (Å²) in [5.41, 5.74) is 2.14. The summed E-state index contributed by atoms with van der Waals surface area (Å²) in [7, 11) is -3.10. The van der Waals surface area contributed by atoms with Gasteiger partial charge in [-0.3, -0.25) is 0 Å². The molecule has 0 saturated heterocycles. The largest absolute Gasteiger partial charge is 0.224 e. The Morgan fingerprint density at radius 2 is 1.65 bits per heavy atom. The van der Waals surface area contributed by atoms with Crippen molar-refractivity contribution in [3.05, 3.63) is 52.2 Å². The third kappa shape index (κ3) is 3.28. The van der Waals surface area contributed by atoms with Crippen LogP contribution in [0.4, 0.5) is 0 Å². The lowest BCUT2D eigenvalue weighted by Gasteiger charge is -1.98. The first-order chi connectivity index (χ1) is 8.05. The van der Waals surface area contributed by atoms with Crippen LogP contribution in [-0.4, -0.2) is 14.7 Å². The van der Waals surface area contributed by atoms with Crippen molar-refractivity contribution < 1.29 is 8.42 Å². The monoisotopic (exact) mass is 264 g/mol. The second-order valence-electron chi connectivity index (χ2n) is 3.73. The number of sulfone groups is 1. The van der Waals surface area contributed by atoms with Crippen LogP contribution < -0.4 is 0 Å². The van der Waals surface area contributed by atoms with Crippen LogP contribution in [0.3, 0.4) is 0 Å². The summed E-state index contributed by atoms with van der Waals surface area (Å²) in [6, 6.07) is 8.90. The smallest absolute Gasteiger partial charge is 0.175 e. The first-order valence-corrected chi connectivity index (χ1v) is 7.89. The Morgan fingerprint density at radius 1 is 1.00 bits per heavy atom. The van der Waals surface area contributed by atoms with Crippen molar-refractivity contribution in [3.8, 4) is 0 Å². The Bertz CT molecular complexity index is 606. The van der Waals surface area contributed by atoms with Gasteiger partial charge in [-0.2, -0.15) is 11.3 Å². The molecule has 2 aromatic rings. The van der Waals surface area contributed by atoms with E-state index < -0.39 is 9.84 Å². The SMILES string of the molecule is CS(=O)(=O)c1ccc(/C=C/c2ccsc2)cc1. The summed E-state index contributed by atoms with van der Waals surface area (Å²) in [6.07, 6.45) is 5.18. The van der Waals surface area contributed by atoms with Crippen molar-refractivity contribution >= 4 is 33.3 Å². The molecule has 1 aromatic heterocycles. The average molecular weight is 264 g/mol. The Kier molecular flexibility index (Phi) is 3.45. The molecule has 4 heteroatoms. The number of hydrogen-bond acceptors (Lipinski definition) is 3. The average Bonchev–Trinajstić information content (AvgIpc) is 2.78. The fourth-order valence-electron chi connectivity index (χ4n) is 1.39. The fraction of sp³-hybridized carbons (Fsp3) is 0.0769. The van der Waals surface area contributed by atoms with Crippen LogP contribution in [0.1, 0.15) is 11.1 Å². The van der Waals surface area contributed by atoms with E-state index in [-0.39, 0.29) is 0 Å². The lowest BCUT2D eigenvalue weighted by molar-refractivity contribution is 0.602. The number of rotatable bonds is 3. The summed E-state index contributed by atoms with van der Waals surface area (Å²) in [5, 5.41) is 4.08. The first kappa shape index (κ1) is 12.1. The Morgan fingerprint density at radius 3 is 2.18 bits per heavy atom. The molecule has 2 nitrogen and oxygen atoms in total. The van der Waals surface area contributed by atoms with Gasteiger partial charge in [0, 0.05) is 6.26 Å². The summed E-state index contributed by atoms with van der Waals surface area (Å²) >= 11 is 1.65. The minimum atomic E-state index is -3.10. The molecule has 0 aliphatic rings. The standard InChI is InChI=1S/C13H12O2S2/c1-17(14,15)13-6-4-11(5-7-13)2-3-12-8-9-16-10-12/h2-10H,1H3/b3-2+. The highest BCUT2D eigenvalue weighted by Crippen LogP contribution is 2.14. The third-order valence-electron chi connectivity index (χ3n) is 2.32. The third-order valence-corrected chi connectivity index (χ3v) is 4.15. The van der Waals surface area contributed by atoms with Crippen LogP contribution >= 0.6 is 11.3 Å². The van der Waals surface area contributed by atoms with E-state index in [4.69, 9.17) is 0 Å². The lowest BCUT2D eigenvalue weighted by Crippen LogP contribution is -1.95. The molecule has 0 bridgehead atoms. The second-order valence-corrected chi connectivity index (χ2v) is 6.53. The van der Waals surface area contributed by atoms with Crippen LogP contribution in [0.25, 0.3) is 12.2 Å². The molecule has 0 saturated carbocycles. The summed E-state index contributed by atoms with van der Waals surface area (Å²) in [4.78, 5) is 0.352. The zero-order valence-corrected chi connectivity index (χ0v) is 11.0. The first-order valence-electron chi connectivity index (χ1n) is 5.06. The topological polar surface area (TPSA) is 34.1 Å². The van der Waals surface area contributed by atoms with Crippen LogP contribution in [0.15, 0.2) is 46.0 Å². The van der Waals surface area contributed by atoms with Gasteiger partial charge < -0.3 is 0 Å². The van der Waals surface area contributed by atoms with Crippen molar-refractivity contribution in [1.29, 1.82) is 0 Å². The molecule has 1 aromatic carbocycles. The molecule has 0 spiro atoms. The molecule has 2 rings (SSSR count). The van der Waals surface area contributed by atoms with Gasteiger partial charge in [-0.05, 0) is 40.1 Å². The van der Waals surface area contributed by atoms with E-state index in [0.717, 1.165) is 11.1 Å². The number of thiophene rings is 1. The zero-order valence-electron chi connectivity index (χ0n) is 9.33. The van der Waals surface area contributed by atoms with Crippen molar-refractivity contribution in [3.63, 3.8) is 0 Å². The normalized spacial score (nSPS) is 12.1. The Labute approximate surface area is 105 Å². The van der Waals surface area contributed by atoms with Gasteiger partial charge in [0.2, 0.25) is 0 Å².